The Morgan fingerprint density at radius 2 is 2.05 bits per heavy atom. The fourth-order valence-corrected chi connectivity index (χ4v) is 3.49. The first-order chi connectivity index (χ1) is 9.26. The summed E-state index contributed by atoms with van der Waals surface area (Å²) in [5.74, 6) is 0. The highest BCUT2D eigenvalue weighted by atomic mass is 16.5. The van der Waals surface area contributed by atoms with Crippen LogP contribution in [0.3, 0.4) is 0 Å². The van der Waals surface area contributed by atoms with Crippen molar-refractivity contribution in [3.63, 3.8) is 0 Å². The Balaban J connectivity index is 1.59. The molecule has 1 N–H and O–H groups in total. The van der Waals surface area contributed by atoms with Gasteiger partial charge in [-0.05, 0) is 43.7 Å². The second-order valence-corrected chi connectivity index (χ2v) is 6.10. The monoisotopic (exact) mass is 259 g/mol. The van der Waals surface area contributed by atoms with Gasteiger partial charge in [-0.2, -0.15) is 0 Å². The molecule has 19 heavy (non-hydrogen) atoms. The zero-order valence-corrected chi connectivity index (χ0v) is 12.1. The van der Waals surface area contributed by atoms with Gasteiger partial charge < -0.3 is 10.1 Å². The van der Waals surface area contributed by atoms with Gasteiger partial charge in [0.25, 0.3) is 0 Å². The van der Waals surface area contributed by atoms with Gasteiger partial charge in [0.1, 0.15) is 0 Å². The molecule has 0 aliphatic carbocycles. The fourth-order valence-electron chi connectivity index (χ4n) is 3.49. The minimum Gasteiger partial charge on any atom is -0.373 e. The average molecular weight is 259 g/mol. The summed E-state index contributed by atoms with van der Waals surface area (Å²) in [7, 11) is 0. The molecule has 4 atom stereocenters. The second kappa shape index (κ2) is 5.64. The fraction of sp³-hybridized carbons (Fsp3) is 0.647. The van der Waals surface area contributed by atoms with E-state index in [-0.39, 0.29) is 0 Å². The van der Waals surface area contributed by atoms with Gasteiger partial charge >= 0.3 is 0 Å². The van der Waals surface area contributed by atoms with Gasteiger partial charge in [-0.1, -0.05) is 37.6 Å². The molecule has 0 saturated carbocycles. The molecule has 0 amide bonds. The van der Waals surface area contributed by atoms with Crippen LogP contribution >= 0.6 is 0 Å². The number of rotatable bonds is 5. The van der Waals surface area contributed by atoms with Crippen molar-refractivity contribution < 1.29 is 4.74 Å². The molecule has 2 saturated heterocycles. The first-order valence-corrected chi connectivity index (χ1v) is 7.76. The van der Waals surface area contributed by atoms with Crippen LogP contribution in [-0.4, -0.2) is 18.2 Å². The van der Waals surface area contributed by atoms with Crippen molar-refractivity contribution in [2.45, 2.75) is 70.2 Å². The van der Waals surface area contributed by atoms with Gasteiger partial charge in [0.15, 0.2) is 0 Å². The molecule has 0 aromatic heterocycles. The third kappa shape index (κ3) is 2.85. The maximum Gasteiger partial charge on any atom is 0.0733 e. The minimum atomic E-state index is 0.420. The Bertz CT molecular complexity index is 414. The summed E-state index contributed by atoms with van der Waals surface area (Å²) in [6.07, 6.45) is 7.10. The maximum atomic E-state index is 5.91. The molecule has 0 spiro atoms. The summed E-state index contributed by atoms with van der Waals surface area (Å²) < 4.78 is 5.91. The van der Waals surface area contributed by atoms with E-state index in [1.165, 1.54) is 43.2 Å². The molecule has 2 bridgehead atoms. The number of fused-ring (bicyclic) bond motifs is 2. The van der Waals surface area contributed by atoms with E-state index in [1.54, 1.807) is 0 Å². The van der Waals surface area contributed by atoms with Crippen molar-refractivity contribution in [1.82, 2.24) is 5.32 Å². The average Bonchev–Trinajstić information content (AvgIpc) is 3.02. The third-order valence-corrected chi connectivity index (χ3v) is 4.59. The number of nitrogens with one attached hydrogen (secondary N) is 1. The first kappa shape index (κ1) is 13.1. The van der Waals surface area contributed by atoms with Crippen LogP contribution in [0.5, 0.6) is 0 Å². The van der Waals surface area contributed by atoms with E-state index in [0.717, 1.165) is 0 Å². The number of hydrogen-bond acceptors (Lipinski definition) is 2. The molecule has 2 aliphatic heterocycles. The molecule has 104 valence electrons. The zero-order chi connectivity index (χ0) is 13.2. The summed E-state index contributed by atoms with van der Waals surface area (Å²) in [4.78, 5) is 0. The van der Waals surface area contributed by atoms with Crippen LogP contribution in [0.15, 0.2) is 24.3 Å². The summed E-state index contributed by atoms with van der Waals surface area (Å²) >= 11 is 0. The molecule has 2 fully saturated rings. The van der Waals surface area contributed by atoms with Crippen molar-refractivity contribution in [2.75, 3.05) is 0 Å². The number of benzene rings is 1. The van der Waals surface area contributed by atoms with Crippen LogP contribution in [-0.2, 0) is 11.2 Å². The van der Waals surface area contributed by atoms with Crippen LogP contribution in [0, 0.1) is 0 Å². The van der Waals surface area contributed by atoms with Crippen molar-refractivity contribution in [2.24, 2.45) is 0 Å². The predicted octanol–water partition coefficient (Wildman–Crippen LogP) is 3.61. The number of ether oxygens (including phenoxy) is 1. The number of hydrogen-bond donors (Lipinski definition) is 1. The van der Waals surface area contributed by atoms with Crippen molar-refractivity contribution in [3.8, 4) is 0 Å². The summed E-state index contributed by atoms with van der Waals surface area (Å²) in [5, 5.41) is 3.75. The smallest absolute Gasteiger partial charge is 0.0733 e. The van der Waals surface area contributed by atoms with Crippen molar-refractivity contribution >= 4 is 0 Å². The van der Waals surface area contributed by atoms with Crippen LogP contribution in [0.25, 0.3) is 0 Å². The Labute approximate surface area is 116 Å². The van der Waals surface area contributed by atoms with Crippen molar-refractivity contribution in [3.05, 3.63) is 35.4 Å². The van der Waals surface area contributed by atoms with Crippen LogP contribution < -0.4 is 5.32 Å². The lowest BCUT2D eigenvalue weighted by Gasteiger charge is -2.25. The quantitative estimate of drug-likeness (QED) is 0.872. The van der Waals surface area contributed by atoms with Gasteiger partial charge in [0, 0.05) is 12.1 Å². The molecular weight excluding hydrogens is 234 g/mol. The van der Waals surface area contributed by atoms with E-state index in [4.69, 9.17) is 4.74 Å². The van der Waals surface area contributed by atoms with Gasteiger partial charge in [-0.25, -0.2) is 0 Å². The normalized spacial score (nSPS) is 30.7. The molecule has 2 heteroatoms. The lowest BCUT2D eigenvalue weighted by molar-refractivity contribution is 0.0962. The maximum absolute atomic E-state index is 5.91. The van der Waals surface area contributed by atoms with Crippen molar-refractivity contribution in [1.29, 1.82) is 0 Å². The SMILES string of the molecule is CCCc1ccc(C(C)NC2CC3CCC2O3)cc1. The Kier molecular flexibility index (Phi) is 3.90. The highest BCUT2D eigenvalue weighted by Gasteiger charge is 2.40. The third-order valence-electron chi connectivity index (χ3n) is 4.59. The lowest BCUT2D eigenvalue weighted by Crippen LogP contribution is -2.38. The van der Waals surface area contributed by atoms with Crippen LogP contribution in [0.1, 0.15) is 56.7 Å². The molecule has 1 aromatic rings. The van der Waals surface area contributed by atoms with Crippen LogP contribution in [0.4, 0.5) is 0 Å². The molecule has 1 aromatic carbocycles. The molecule has 2 heterocycles. The van der Waals surface area contributed by atoms with Gasteiger partial charge in [-0.15, -0.1) is 0 Å². The zero-order valence-electron chi connectivity index (χ0n) is 12.1. The summed E-state index contributed by atoms with van der Waals surface area (Å²) in [5.41, 5.74) is 2.84. The van der Waals surface area contributed by atoms with Gasteiger partial charge in [0.05, 0.1) is 12.2 Å². The topological polar surface area (TPSA) is 21.3 Å². The number of aryl methyl sites for hydroxylation is 1. The van der Waals surface area contributed by atoms with E-state index in [2.05, 4.69) is 43.4 Å². The largest absolute Gasteiger partial charge is 0.373 e. The Morgan fingerprint density at radius 3 is 2.63 bits per heavy atom. The summed E-state index contributed by atoms with van der Waals surface area (Å²) in [6, 6.07) is 10.1. The van der Waals surface area contributed by atoms with Crippen LogP contribution in [0.2, 0.25) is 0 Å². The Morgan fingerprint density at radius 1 is 1.26 bits per heavy atom. The molecular formula is C17H25NO. The highest BCUT2D eigenvalue weighted by Crippen LogP contribution is 2.35. The van der Waals surface area contributed by atoms with E-state index < -0.39 is 0 Å². The minimum absolute atomic E-state index is 0.420. The second-order valence-electron chi connectivity index (χ2n) is 6.10. The van der Waals surface area contributed by atoms with Gasteiger partial charge in [0.2, 0.25) is 0 Å². The Hall–Kier alpha value is -0.860. The highest BCUT2D eigenvalue weighted by molar-refractivity contribution is 5.25. The predicted molar refractivity (Wildman–Crippen MR) is 78.3 cm³/mol. The molecule has 2 aliphatic rings. The van der Waals surface area contributed by atoms with E-state index >= 15 is 0 Å². The molecule has 3 rings (SSSR count). The summed E-state index contributed by atoms with van der Waals surface area (Å²) in [6.45, 7) is 4.49. The standard InChI is InChI=1S/C17H25NO/c1-3-4-13-5-7-14(8-6-13)12(2)18-16-11-15-9-10-17(16)19-15/h5-8,12,15-18H,3-4,9-11H2,1-2H3. The van der Waals surface area contributed by atoms with Gasteiger partial charge in [-0.3, -0.25) is 0 Å². The van der Waals surface area contributed by atoms with E-state index in [1.807, 2.05) is 0 Å². The molecule has 0 radical (unpaired) electrons. The first-order valence-electron chi connectivity index (χ1n) is 7.76. The van der Waals surface area contributed by atoms with E-state index in [9.17, 15) is 0 Å². The molecule has 2 nitrogen and oxygen atoms in total. The lowest BCUT2D eigenvalue weighted by atomic mass is 9.94. The van der Waals surface area contributed by atoms with E-state index in [0.29, 0.717) is 24.3 Å². The molecule has 4 unspecified atom stereocenters.